The van der Waals surface area contributed by atoms with Gasteiger partial charge in [-0.2, -0.15) is 5.10 Å². The number of nitrogens with one attached hydrogen (secondary N) is 2. The van der Waals surface area contributed by atoms with Crippen molar-refractivity contribution >= 4 is 11.8 Å². The summed E-state index contributed by atoms with van der Waals surface area (Å²) in [5, 5.41) is 11.5. The first-order chi connectivity index (χ1) is 7.18. The normalized spacial score (nSPS) is 13.3. The molecule has 86 valence electrons. The van der Waals surface area contributed by atoms with Gasteiger partial charge in [0.25, 0.3) is 0 Å². The van der Waals surface area contributed by atoms with Crippen molar-refractivity contribution in [1.29, 1.82) is 0 Å². The highest BCUT2D eigenvalue weighted by Crippen LogP contribution is 2.16. The molecule has 1 unspecified atom stereocenters. The van der Waals surface area contributed by atoms with E-state index in [-0.39, 0.29) is 0 Å². The number of hydrogen-bond donors (Lipinski definition) is 2. The first-order valence-corrected chi connectivity index (χ1v) is 6.29. The van der Waals surface area contributed by atoms with Crippen molar-refractivity contribution < 1.29 is 0 Å². The predicted octanol–water partition coefficient (Wildman–Crippen LogP) is 1.92. The third-order valence-electron chi connectivity index (χ3n) is 2.04. The second kappa shape index (κ2) is 6.85. The highest BCUT2D eigenvalue weighted by molar-refractivity contribution is 7.99. The molecule has 0 fully saturated rings. The lowest BCUT2D eigenvalue weighted by Gasteiger charge is -2.11. The van der Waals surface area contributed by atoms with E-state index in [0.29, 0.717) is 5.25 Å². The van der Waals surface area contributed by atoms with Gasteiger partial charge in [-0.25, -0.2) is 4.98 Å². The number of H-pyrrole nitrogens is 1. The van der Waals surface area contributed by atoms with Gasteiger partial charge in [0.05, 0.1) is 0 Å². The molecule has 1 atom stereocenters. The molecule has 2 N–H and O–H groups in total. The van der Waals surface area contributed by atoms with Crippen LogP contribution in [-0.4, -0.2) is 33.5 Å². The molecule has 15 heavy (non-hydrogen) atoms. The number of aromatic amines is 1. The molecule has 1 rings (SSSR count). The lowest BCUT2D eigenvalue weighted by atomic mass is 10.1. The fourth-order valence-corrected chi connectivity index (χ4v) is 1.98. The van der Waals surface area contributed by atoms with Crippen LogP contribution < -0.4 is 5.32 Å². The minimum Gasteiger partial charge on any atom is -0.316 e. The average Bonchev–Trinajstić information content (AvgIpc) is 2.64. The van der Waals surface area contributed by atoms with E-state index in [9.17, 15) is 0 Å². The lowest BCUT2D eigenvalue weighted by molar-refractivity contribution is 0.538. The number of hydrogen-bond acceptors (Lipinski definition) is 4. The SMILES string of the molecule is CC(C)CCNCC(C)Sc1ncn[nH]1. The number of aromatic nitrogens is 3. The van der Waals surface area contributed by atoms with Crippen molar-refractivity contribution in [2.24, 2.45) is 5.92 Å². The topological polar surface area (TPSA) is 53.6 Å². The van der Waals surface area contributed by atoms with Crippen LogP contribution in [0.3, 0.4) is 0 Å². The van der Waals surface area contributed by atoms with Crippen LogP contribution in [0.5, 0.6) is 0 Å². The summed E-state index contributed by atoms with van der Waals surface area (Å²) in [7, 11) is 0. The van der Waals surface area contributed by atoms with Crippen molar-refractivity contribution in [3.8, 4) is 0 Å². The number of rotatable bonds is 7. The Balaban J connectivity index is 2.06. The van der Waals surface area contributed by atoms with Gasteiger partial charge in [-0.05, 0) is 18.9 Å². The second-order valence-corrected chi connectivity index (χ2v) is 5.53. The maximum Gasteiger partial charge on any atom is 0.183 e. The molecule has 0 aromatic carbocycles. The molecule has 0 aliphatic heterocycles. The highest BCUT2D eigenvalue weighted by atomic mass is 32.2. The van der Waals surface area contributed by atoms with Gasteiger partial charge < -0.3 is 5.32 Å². The summed E-state index contributed by atoms with van der Waals surface area (Å²) in [6, 6.07) is 0. The molecule has 0 radical (unpaired) electrons. The third kappa shape index (κ3) is 5.79. The van der Waals surface area contributed by atoms with Crippen molar-refractivity contribution in [2.75, 3.05) is 13.1 Å². The smallest absolute Gasteiger partial charge is 0.183 e. The Labute approximate surface area is 95.6 Å². The van der Waals surface area contributed by atoms with E-state index in [4.69, 9.17) is 0 Å². The van der Waals surface area contributed by atoms with Crippen LogP contribution in [0.25, 0.3) is 0 Å². The van der Waals surface area contributed by atoms with E-state index in [2.05, 4.69) is 41.3 Å². The maximum atomic E-state index is 4.08. The second-order valence-electron chi connectivity index (χ2n) is 4.11. The van der Waals surface area contributed by atoms with Gasteiger partial charge in [0.15, 0.2) is 5.16 Å². The first-order valence-electron chi connectivity index (χ1n) is 5.41. The molecule has 0 bridgehead atoms. The first kappa shape index (κ1) is 12.5. The van der Waals surface area contributed by atoms with Crippen LogP contribution in [0.15, 0.2) is 11.5 Å². The zero-order chi connectivity index (χ0) is 11.1. The summed E-state index contributed by atoms with van der Waals surface area (Å²) >= 11 is 1.72. The minimum atomic E-state index is 0.519. The summed E-state index contributed by atoms with van der Waals surface area (Å²) in [6.45, 7) is 8.79. The van der Waals surface area contributed by atoms with Crippen LogP contribution in [0, 0.1) is 5.92 Å². The Morgan fingerprint density at radius 1 is 1.47 bits per heavy atom. The zero-order valence-electron chi connectivity index (χ0n) is 9.66. The van der Waals surface area contributed by atoms with Crippen molar-refractivity contribution in [3.63, 3.8) is 0 Å². The Hall–Kier alpha value is -0.550. The third-order valence-corrected chi connectivity index (χ3v) is 3.02. The van der Waals surface area contributed by atoms with Gasteiger partial charge in [0.1, 0.15) is 6.33 Å². The lowest BCUT2D eigenvalue weighted by Crippen LogP contribution is -2.24. The van der Waals surface area contributed by atoms with E-state index in [1.54, 1.807) is 18.1 Å². The molecule has 0 amide bonds. The van der Waals surface area contributed by atoms with Crippen molar-refractivity contribution in [3.05, 3.63) is 6.33 Å². The van der Waals surface area contributed by atoms with E-state index in [1.807, 2.05) is 0 Å². The monoisotopic (exact) mass is 228 g/mol. The van der Waals surface area contributed by atoms with Crippen LogP contribution in [-0.2, 0) is 0 Å². The van der Waals surface area contributed by atoms with Crippen LogP contribution in [0.4, 0.5) is 0 Å². The summed E-state index contributed by atoms with van der Waals surface area (Å²) in [5.41, 5.74) is 0. The number of thioether (sulfide) groups is 1. The fraction of sp³-hybridized carbons (Fsp3) is 0.800. The fourth-order valence-electron chi connectivity index (χ4n) is 1.18. The van der Waals surface area contributed by atoms with Crippen molar-refractivity contribution in [2.45, 2.75) is 37.6 Å². The van der Waals surface area contributed by atoms with Crippen LogP contribution >= 0.6 is 11.8 Å². The molecule has 5 heteroatoms. The standard InChI is InChI=1S/C10H20N4S/c1-8(2)4-5-11-6-9(3)15-10-12-7-13-14-10/h7-9,11H,4-6H2,1-3H3,(H,12,13,14). The molecule has 0 saturated carbocycles. The van der Waals surface area contributed by atoms with Gasteiger partial charge in [-0.15, -0.1) is 0 Å². The van der Waals surface area contributed by atoms with E-state index >= 15 is 0 Å². The molecule has 1 heterocycles. The van der Waals surface area contributed by atoms with Gasteiger partial charge in [0.2, 0.25) is 0 Å². The molecule has 0 aliphatic rings. The maximum absolute atomic E-state index is 4.08. The van der Waals surface area contributed by atoms with Crippen molar-refractivity contribution in [1.82, 2.24) is 20.5 Å². The molecule has 1 aromatic heterocycles. The largest absolute Gasteiger partial charge is 0.316 e. The summed E-state index contributed by atoms with van der Waals surface area (Å²) < 4.78 is 0. The summed E-state index contributed by atoms with van der Waals surface area (Å²) in [5.74, 6) is 0.773. The minimum absolute atomic E-state index is 0.519. The number of nitrogens with zero attached hydrogens (tertiary/aromatic N) is 2. The molecular weight excluding hydrogens is 208 g/mol. The molecule has 4 nitrogen and oxygen atoms in total. The van der Waals surface area contributed by atoms with E-state index < -0.39 is 0 Å². The Kier molecular flexibility index (Phi) is 5.71. The molecule has 0 spiro atoms. The van der Waals surface area contributed by atoms with Gasteiger partial charge in [0, 0.05) is 11.8 Å². The summed E-state index contributed by atoms with van der Waals surface area (Å²) in [4.78, 5) is 4.08. The zero-order valence-corrected chi connectivity index (χ0v) is 10.5. The molecular formula is C10H20N4S. The average molecular weight is 228 g/mol. The predicted molar refractivity (Wildman–Crippen MR) is 64.0 cm³/mol. The Morgan fingerprint density at radius 2 is 2.27 bits per heavy atom. The molecule has 1 aromatic rings. The van der Waals surface area contributed by atoms with Gasteiger partial charge in [-0.1, -0.05) is 32.5 Å². The van der Waals surface area contributed by atoms with Gasteiger partial charge in [-0.3, -0.25) is 5.10 Å². The van der Waals surface area contributed by atoms with E-state index in [0.717, 1.165) is 24.2 Å². The Morgan fingerprint density at radius 3 is 2.87 bits per heavy atom. The van der Waals surface area contributed by atoms with Gasteiger partial charge >= 0.3 is 0 Å². The molecule has 0 aliphatic carbocycles. The highest BCUT2D eigenvalue weighted by Gasteiger charge is 2.05. The quantitative estimate of drug-likeness (QED) is 0.553. The van der Waals surface area contributed by atoms with Crippen LogP contribution in [0.1, 0.15) is 27.2 Å². The molecule has 0 saturated heterocycles. The van der Waals surface area contributed by atoms with E-state index in [1.165, 1.54) is 6.42 Å². The summed E-state index contributed by atoms with van der Waals surface area (Å²) in [6.07, 6.45) is 2.78. The Bertz CT molecular complexity index is 248. The van der Waals surface area contributed by atoms with Crippen LogP contribution in [0.2, 0.25) is 0 Å².